The van der Waals surface area contributed by atoms with E-state index in [1.807, 2.05) is 0 Å². The molecule has 0 saturated heterocycles. The van der Waals surface area contributed by atoms with E-state index in [1.54, 1.807) is 0 Å². The molecule has 0 bridgehead atoms. The van der Waals surface area contributed by atoms with Crippen molar-refractivity contribution in [2.24, 2.45) is 0 Å². The smallest absolute Gasteiger partial charge is 0.462 e. The molecule has 10 nitrogen and oxygen atoms in total. The number of phosphoric acid groups is 1. The van der Waals surface area contributed by atoms with Crippen molar-refractivity contribution in [1.29, 1.82) is 0 Å². The molecule has 0 aromatic carbocycles. The Hall–Kier alpha value is -1.55. The summed E-state index contributed by atoms with van der Waals surface area (Å²) in [6.07, 6.45) is 40.1. The standard InChI is InChI=1S/C44H83O10P/c1-3-5-7-9-11-13-15-16-17-18-19-20-21-22-23-24-26-28-30-32-34-36-44(48)54-42(40-53-55(49,50)52-38-41(46)37-45)39-51-43(47)35-33-31-29-27-25-14-12-10-8-6-4-2/h10,12,16-17,41-42,45-46H,3-9,11,13-15,18-40H2,1-2H3,(H,49,50)/b12-10+,17-16+/t41-,42+/m0/s1. The molecule has 0 heterocycles. The number of aliphatic hydroxyl groups is 2. The average Bonchev–Trinajstić information content (AvgIpc) is 3.17. The van der Waals surface area contributed by atoms with E-state index in [4.69, 9.17) is 19.1 Å². The molecule has 0 aliphatic heterocycles. The van der Waals surface area contributed by atoms with Gasteiger partial charge in [-0.05, 0) is 57.8 Å². The molecular formula is C44H83O10P. The number of unbranched alkanes of at least 4 members (excludes halogenated alkanes) is 24. The quantitative estimate of drug-likeness (QED) is 0.0236. The van der Waals surface area contributed by atoms with Crippen molar-refractivity contribution in [3.05, 3.63) is 24.3 Å². The molecule has 55 heavy (non-hydrogen) atoms. The van der Waals surface area contributed by atoms with Crippen LogP contribution >= 0.6 is 7.82 Å². The monoisotopic (exact) mass is 803 g/mol. The van der Waals surface area contributed by atoms with Crippen LogP contribution in [0.15, 0.2) is 24.3 Å². The highest BCUT2D eigenvalue weighted by Crippen LogP contribution is 2.43. The van der Waals surface area contributed by atoms with Crippen LogP contribution in [0.3, 0.4) is 0 Å². The number of aliphatic hydroxyl groups excluding tert-OH is 2. The maximum atomic E-state index is 12.6. The number of carbonyl (C=O) groups is 2. The first-order valence-electron chi connectivity index (χ1n) is 22.3. The second-order valence-electron chi connectivity index (χ2n) is 15.1. The van der Waals surface area contributed by atoms with Gasteiger partial charge in [0, 0.05) is 12.8 Å². The molecule has 0 aromatic heterocycles. The summed E-state index contributed by atoms with van der Waals surface area (Å²) >= 11 is 0. The summed E-state index contributed by atoms with van der Waals surface area (Å²) in [5.74, 6) is -0.932. The maximum Gasteiger partial charge on any atom is 0.472 e. The number of allylic oxidation sites excluding steroid dienone is 4. The number of hydrogen-bond donors (Lipinski definition) is 3. The lowest BCUT2D eigenvalue weighted by molar-refractivity contribution is -0.161. The average molecular weight is 803 g/mol. The summed E-state index contributed by atoms with van der Waals surface area (Å²) in [7, 11) is -4.61. The first-order valence-corrected chi connectivity index (χ1v) is 23.8. The summed E-state index contributed by atoms with van der Waals surface area (Å²) in [5, 5.41) is 18.3. The normalized spacial score (nSPS) is 14.1. The van der Waals surface area contributed by atoms with Crippen LogP contribution in [0.2, 0.25) is 0 Å². The molecule has 1 unspecified atom stereocenters. The molecule has 0 rings (SSSR count). The SMILES string of the molecule is CCCC/C=C/CCCCCCCC(=O)OC[C@H](COP(=O)(O)OC[C@@H](O)CO)OC(=O)CCCCCCCCCCCCC/C=C/CCCCCCCC. The molecule has 0 amide bonds. The van der Waals surface area contributed by atoms with Crippen LogP contribution in [0.25, 0.3) is 0 Å². The number of ether oxygens (including phenoxy) is 2. The number of hydrogen-bond acceptors (Lipinski definition) is 9. The molecule has 11 heteroatoms. The van der Waals surface area contributed by atoms with E-state index in [1.165, 1.54) is 109 Å². The molecule has 3 atom stereocenters. The van der Waals surface area contributed by atoms with Crippen molar-refractivity contribution in [2.75, 3.05) is 26.4 Å². The van der Waals surface area contributed by atoms with Gasteiger partial charge in [0.2, 0.25) is 0 Å². The van der Waals surface area contributed by atoms with Gasteiger partial charge in [-0.3, -0.25) is 18.6 Å². The van der Waals surface area contributed by atoms with Crippen molar-refractivity contribution >= 4 is 19.8 Å². The highest BCUT2D eigenvalue weighted by molar-refractivity contribution is 7.47. The third-order valence-electron chi connectivity index (χ3n) is 9.58. The van der Waals surface area contributed by atoms with Crippen molar-refractivity contribution in [3.63, 3.8) is 0 Å². The maximum absolute atomic E-state index is 12.6. The van der Waals surface area contributed by atoms with Crippen LogP contribution in [0.4, 0.5) is 0 Å². The third-order valence-corrected chi connectivity index (χ3v) is 10.5. The van der Waals surface area contributed by atoms with Crippen molar-refractivity contribution in [2.45, 2.75) is 219 Å². The van der Waals surface area contributed by atoms with Crippen molar-refractivity contribution < 1.29 is 47.8 Å². The lowest BCUT2D eigenvalue weighted by Crippen LogP contribution is -2.29. The van der Waals surface area contributed by atoms with Gasteiger partial charge in [0.1, 0.15) is 12.7 Å². The third kappa shape index (κ3) is 40.4. The second kappa shape index (κ2) is 40.6. The van der Waals surface area contributed by atoms with Gasteiger partial charge in [-0.2, -0.15) is 0 Å². The van der Waals surface area contributed by atoms with E-state index in [0.717, 1.165) is 57.8 Å². The second-order valence-corrected chi connectivity index (χ2v) is 16.5. The number of carbonyl (C=O) groups excluding carboxylic acids is 2. The van der Waals surface area contributed by atoms with Gasteiger partial charge in [0.05, 0.1) is 19.8 Å². The van der Waals surface area contributed by atoms with Gasteiger partial charge in [0.25, 0.3) is 0 Å². The Morgan fingerprint density at radius 2 is 0.909 bits per heavy atom. The molecule has 0 aromatic rings. The summed E-state index contributed by atoms with van der Waals surface area (Å²) in [4.78, 5) is 34.9. The molecule has 0 fully saturated rings. The van der Waals surface area contributed by atoms with Gasteiger partial charge >= 0.3 is 19.8 Å². The van der Waals surface area contributed by atoms with Crippen LogP contribution in [-0.4, -0.2) is 65.7 Å². The minimum atomic E-state index is -4.61. The van der Waals surface area contributed by atoms with Crippen LogP contribution in [0.1, 0.15) is 206 Å². The van der Waals surface area contributed by atoms with Gasteiger partial charge in [0.15, 0.2) is 6.10 Å². The van der Waals surface area contributed by atoms with E-state index < -0.39 is 51.8 Å². The fourth-order valence-corrected chi connectivity index (χ4v) is 6.88. The summed E-state index contributed by atoms with van der Waals surface area (Å²) in [6.45, 7) is 2.34. The molecule has 0 radical (unpaired) electrons. The van der Waals surface area contributed by atoms with Crippen LogP contribution < -0.4 is 0 Å². The number of phosphoric ester groups is 1. The highest BCUT2D eigenvalue weighted by Gasteiger charge is 2.27. The molecule has 324 valence electrons. The molecule has 0 aliphatic rings. The van der Waals surface area contributed by atoms with Gasteiger partial charge in [-0.1, -0.05) is 160 Å². The topological polar surface area (TPSA) is 149 Å². The van der Waals surface area contributed by atoms with Crippen molar-refractivity contribution in [3.8, 4) is 0 Å². The first-order chi connectivity index (χ1) is 26.7. The largest absolute Gasteiger partial charge is 0.472 e. The van der Waals surface area contributed by atoms with Gasteiger partial charge < -0.3 is 24.6 Å². The molecule has 3 N–H and O–H groups in total. The number of rotatable bonds is 42. The zero-order valence-electron chi connectivity index (χ0n) is 35.2. The van der Waals surface area contributed by atoms with Gasteiger partial charge in [-0.25, -0.2) is 4.57 Å². The molecular weight excluding hydrogens is 719 g/mol. The van der Waals surface area contributed by atoms with E-state index >= 15 is 0 Å². The van der Waals surface area contributed by atoms with Crippen LogP contribution in [-0.2, 0) is 32.7 Å². The lowest BCUT2D eigenvalue weighted by atomic mass is 10.0. The Labute approximate surface area is 336 Å². The number of esters is 2. The summed E-state index contributed by atoms with van der Waals surface area (Å²) < 4.78 is 32.7. The zero-order valence-corrected chi connectivity index (χ0v) is 36.0. The van der Waals surface area contributed by atoms with Gasteiger partial charge in [-0.15, -0.1) is 0 Å². The Morgan fingerprint density at radius 1 is 0.527 bits per heavy atom. The van der Waals surface area contributed by atoms with Crippen molar-refractivity contribution in [1.82, 2.24) is 0 Å². The predicted molar refractivity (Wildman–Crippen MR) is 224 cm³/mol. The summed E-state index contributed by atoms with van der Waals surface area (Å²) in [6, 6.07) is 0. The van der Waals surface area contributed by atoms with Crippen LogP contribution in [0.5, 0.6) is 0 Å². The van der Waals surface area contributed by atoms with Crippen LogP contribution in [0, 0.1) is 0 Å². The summed E-state index contributed by atoms with van der Waals surface area (Å²) in [5.41, 5.74) is 0. The van der Waals surface area contributed by atoms with E-state index in [9.17, 15) is 24.2 Å². The predicted octanol–water partition coefficient (Wildman–Crippen LogP) is 11.8. The minimum absolute atomic E-state index is 0.184. The highest BCUT2D eigenvalue weighted by atomic mass is 31.2. The van der Waals surface area contributed by atoms with E-state index in [0.29, 0.717) is 12.8 Å². The Bertz CT molecular complexity index is 972. The lowest BCUT2D eigenvalue weighted by Gasteiger charge is -2.20. The fourth-order valence-electron chi connectivity index (χ4n) is 6.09. The molecule has 0 spiro atoms. The Morgan fingerprint density at radius 3 is 1.36 bits per heavy atom. The Kier molecular flexibility index (Phi) is 39.5. The molecule has 0 aliphatic carbocycles. The van der Waals surface area contributed by atoms with E-state index in [-0.39, 0.29) is 19.4 Å². The molecule has 0 saturated carbocycles. The Balaban J connectivity index is 4.20. The van der Waals surface area contributed by atoms with E-state index in [2.05, 4.69) is 42.7 Å². The first kappa shape index (κ1) is 53.5. The zero-order chi connectivity index (χ0) is 40.5. The minimum Gasteiger partial charge on any atom is -0.462 e. The fraction of sp³-hybridized carbons (Fsp3) is 0.864.